The van der Waals surface area contributed by atoms with Crippen molar-refractivity contribution in [3.63, 3.8) is 0 Å². The van der Waals surface area contributed by atoms with Crippen LogP contribution >= 0.6 is 0 Å². The van der Waals surface area contributed by atoms with Crippen molar-refractivity contribution in [3.8, 4) is 0 Å². The predicted molar refractivity (Wildman–Crippen MR) is 61.7 cm³/mol. The molecule has 3 heteroatoms. The Bertz CT molecular complexity index is 188. The predicted octanol–water partition coefficient (Wildman–Crippen LogP) is 1.29. The van der Waals surface area contributed by atoms with E-state index in [0.29, 0.717) is 24.9 Å². The molecule has 1 aliphatic carbocycles. The molecular weight excluding hydrogens is 190 g/mol. The highest BCUT2D eigenvalue weighted by Crippen LogP contribution is 2.38. The quantitative estimate of drug-likeness (QED) is 0.626. The normalized spacial score (nSPS) is 23.6. The van der Waals surface area contributed by atoms with Gasteiger partial charge in [-0.15, -0.1) is 0 Å². The topological polar surface area (TPSA) is 52.5 Å². The second-order valence-corrected chi connectivity index (χ2v) is 5.41. The Morgan fingerprint density at radius 1 is 1.40 bits per heavy atom. The van der Waals surface area contributed by atoms with Crippen LogP contribution in [0.15, 0.2) is 0 Å². The minimum Gasteiger partial charge on any atom is -0.392 e. The second-order valence-electron chi connectivity index (χ2n) is 5.41. The highest BCUT2D eigenvalue weighted by molar-refractivity contribution is 4.89. The van der Waals surface area contributed by atoms with Crippen molar-refractivity contribution >= 4 is 0 Å². The molecular formula is C12H25NO2. The maximum Gasteiger partial charge on any atom is 0.0692 e. The van der Waals surface area contributed by atoms with Crippen molar-refractivity contribution in [2.45, 2.75) is 64.2 Å². The van der Waals surface area contributed by atoms with Crippen LogP contribution in [0.2, 0.25) is 0 Å². The minimum absolute atomic E-state index is 0.383. The molecule has 15 heavy (non-hydrogen) atoms. The highest BCUT2D eigenvalue weighted by Gasteiger charge is 2.37. The third-order valence-electron chi connectivity index (χ3n) is 3.40. The average molecular weight is 215 g/mol. The van der Waals surface area contributed by atoms with Gasteiger partial charge in [0.05, 0.1) is 11.7 Å². The molecule has 1 aliphatic rings. The van der Waals surface area contributed by atoms with Crippen LogP contribution in [0, 0.1) is 5.92 Å². The Morgan fingerprint density at radius 2 is 2.00 bits per heavy atom. The lowest BCUT2D eigenvalue weighted by Gasteiger charge is -2.40. The molecule has 90 valence electrons. The molecule has 0 heterocycles. The molecule has 0 aromatic heterocycles. The summed E-state index contributed by atoms with van der Waals surface area (Å²) >= 11 is 0. The first kappa shape index (κ1) is 12.9. The zero-order valence-corrected chi connectivity index (χ0v) is 10.2. The first-order valence-electron chi connectivity index (χ1n) is 6.05. The summed E-state index contributed by atoms with van der Waals surface area (Å²) in [4.78, 5) is 0. The van der Waals surface area contributed by atoms with E-state index in [9.17, 15) is 10.2 Å². The molecule has 0 bridgehead atoms. The van der Waals surface area contributed by atoms with Gasteiger partial charge in [-0.25, -0.2) is 0 Å². The average Bonchev–Trinajstić information content (AvgIpc) is 1.95. The fourth-order valence-corrected chi connectivity index (χ4v) is 2.12. The van der Waals surface area contributed by atoms with Gasteiger partial charge in [0, 0.05) is 19.0 Å². The van der Waals surface area contributed by atoms with Gasteiger partial charge in [0.25, 0.3) is 0 Å². The van der Waals surface area contributed by atoms with Crippen molar-refractivity contribution in [2.75, 3.05) is 6.54 Å². The monoisotopic (exact) mass is 215 g/mol. The zero-order chi connectivity index (χ0) is 11.5. The molecule has 3 N–H and O–H groups in total. The highest BCUT2D eigenvalue weighted by atomic mass is 16.3. The Morgan fingerprint density at radius 3 is 2.40 bits per heavy atom. The number of hydrogen-bond donors (Lipinski definition) is 3. The molecule has 1 rings (SSSR count). The van der Waals surface area contributed by atoms with Crippen LogP contribution in [-0.4, -0.2) is 34.5 Å². The molecule has 0 amide bonds. The molecule has 1 saturated carbocycles. The summed E-state index contributed by atoms with van der Waals surface area (Å²) in [6, 6.07) is 0.383. The van der Waals surface area contributed by atoms with E-state index in [1.165, 1.54) is 6.42 Å². The molecule has 3 nitrogen and oxygen atoms in total. The largest absolute Gasteiger partial charge is 0.392 e. The van der Waals surface area contributed by atoms with Crippen molar-refractivity contribution in [2.24, 2.45) is 5.92 Å². The number of aliphatic hydroxyl groups excluding tert-OH is 1. The second kappa shape index (κ2) is 5.28. The summed E-state index contributed by atoms with van der Waals surface area (Å²) in [5, 5.41) is 23.1. The van der Waals surface area contributed by atoms with Gasteiger partial charge in [0.1, 0.15) is 0 Å². The maximum absolute atomic E-state index is 10.2. The molecule has 0 unspecified atom stereocenters. The van der Waals surface area contributed by atoms with Crippen LogP contribution in [0.25, 0.3) is 0 Å². The van der Waals surface area contributed by atoms with E-state index >= 15 is 0 Å². The van der Waals surface area contributed by atoms with Crippen LogP contribution in [0.4, 0.5) is 0 Å². The van der Waals surface area contributed by atoms with Crippen molar-refractivity contribution in [1.82, 2.24) is 5.32 Å². The smallest absolute Gasteiger partial charge is 0.0692 e. The Kier molecular flexibility index (Phi) is 4.56. The van der Waals surface area contributed by atoms with Gasteiger partial charge in [-0.1, -0.05) is 20.3 Å². The minimum atomic E-state index is -0.684. The van der Waals surface area contributed by atoms with Crippen molar-refractivity contribution < 1.29 is 10.2 Å². The van der Waals surface area contributed by atoms with Crippen LogP contribution < -0.4 is 5.32 Å². The third kappa shape index (κ3) is 4.09. The standard InChI is InChI=1S/C12H25NO2/c1-9(2)13-8-11(14)7-12(3,15)10-5-4-6-10/h9-11,13-15H,4-8H2,1-3H3/t11-,12+/m0/s1. The summed E-state index contributed by atoms with van der Waals surface area (Å²) < 4.78 is 0. The van der Waals surface area contributed by atoms with E-state index in [-0.39, 0.29) is 0 Å². The molecule has 0 spiro atoms. The first-order chi connectivity index (χ1) is 6.92. The van der Waals surface area contributed by atoms with Crippen molar-refractivity contribution in [3.05, 3.63) is 0 Å². The van der Waals surface area contributed by atoms with Crippen LogP contribution in [0.5, 0.6) is 0 Å². The SMILES string of the molecule is CC(C)NC[C@@H](O)C[C@@](C)(O)C1CCC1. The summed E-state index contributed by atoms with van der Waals surface area (Å²) in [7, 11) is 0. The zero-order valence-electron chi connectivity index (χ0n) is 10.2. The summed E-state index contributed by atoms with van der Waals surface area (Å²) in [5.74, 6) is 0.395. The van der Waals surface area contributed by atoms with Crippen molar-refractivity contribution in [1.29, 1.82) is 0 Å². The molecule has 0 saturated heterocycles. The lowest BCUT2D eigenvalue weighted by atomic mass is 9.71. The first-order valence-corrected chi connectivity index (χ1v) is 6.05. The fraction of sp³-hybridized carbons (Fsp3) is 1.00. The van der Waals surface area contributed by atoms with Gasteiger partial charge in [0.15, 0.2) is 0 Å². The molecule has 0 radical (unpaired) electrons. The molecule has 0 aromatic carbocycles. The van der Waals surface area contributed by atoms with Gasteiger partial charge in [-0.3, -0.25) is 0 Å². The number of hydrogen-bond acceptors (Lipinski definition) is 3. The molecule has 2 atom stereocenters. The van der Waals surface area contributed by atoms with E-state index in [4.69, 9.17) is 0 Å². The summed E-state index contributed by atoms with van der Waals surface area (Å²) in [5.41, 5.74) is -0.684. The molecule has 1 fully saturated rings. The van der Waals surface area contributed by atoms with E-state index in [2.05, 4.69) is 19.2 Å². The summed E-state index contributed by atoms with van der Waals surface area (Å²) in [6.45, 7) is 6.53. The van der Waals surface area contributed by atoms with Crippen LogP contribution in [0.3, 0.4) is 0 Å². The number of aliphatic hydroxyl groups is 2. The van der Waals surface area contributed by atoms with E-state index < -0.39 is 11.7 Å². The molecule has 0 aliphatic heterocycles. The van der Waals surface area contributed by atoms with Gasteiger partial charge >= 0.3 is 0 Å². The Balaban J connectivity index is 2.25. The van der Waals surface area contributed by atoms with Crippen LogP contribution in [0.1, 0.15) is 46.5 Å². The van der Waals surface area contributed by atoms with E-state index in [1.54, 1.807) is 0 Å². The van der Waals surface area contributed by atoms with Crippen LogP contribution in [-0.2, 0) is 0 Å². The summed E-state index contributed by atoms with van der Waals surface area (Å²) in [6.07, 6.45) is 3.48. The van der Waals surface area contributed by atoms with E-state index in [0.717, 1.165) is 12.8 Å². The Labute approximate surface area is 92.9 Å². The van der Waals surface area contributed by atoms with Gasteiger partial charge < -0.3 is 15.5 Å². The van der Waals surface area contributed by atoms with E-state index in [1.807, 2.05) is 6.92 Å². The van der Waals surface area contributed by atoms with Gasteiger partial charge in [0.2, 0.25) is 0 Å². The van der Waals surface area contributed by atoms with Gasteiger partial charge in [-0.05, 0) is 25.7 Å². The number of rotatable bonds is 6. The van der Waals surface area contributed by atoms with Gasteiger partial charge in [-0.2, -0.15) is 0 Å². The number of nitrogens with one attached hydrogen (secondary N) is 1. The lowest BCUT2D eigenvalue weighted by Crippen LogP contribution is -2.44. The third-order valence-corrected chi connectivity index (χ3v) is 3.40. The Hall–Kier alpha value is -0.120. The molecule has 0 aromatic rings. The lowest BCUT2D eigenvalue weighted by molar-refractivity contribution is -0.0668. The maximum atomic E-state index is 10.2. The fourth-order valence-electron chi connectivity index (χ4n) is 2.12.